The molecule has 0 spiro atoms. The number of methoxy groups -OCH3 is 2. The van der Waals surface area contributed by atoms with Crippen LogP contribution in [0.3, 0.4) is 0 Å². The van der Waals surface area contributed by atoms with Crippen LogP contribution in [0.15, 0.2) is 18.2 Å². The Morgan fingerprint density at radius 2 is 2.04 bits per heavy atom. The van der Waals surface area contributed by atoms with Crippen LogP contribution in [-0.4, -0.2) is 63.6 Å². The molecule has 1 aromatic carbocycles. The fourth-order valence-corrected chi connectivity index (χ4v) is 4.17. The van der Waals surface area contributed by atoms with E-state index >= 15 is 0 Å². The number of benzene rings is 1. The molecule has 154 valence electrons. The first-order valence-corrected chi connectivity index (χ1v) is 9.99. The minimum Gasteiger partial charge on any atom is -0.496 e. The van der Waals surface area contributed by atoms with E-state index in [9.17, 15) is 27.2 Å². The van der Waals surface area contributed by atoms with Gasteiger partial charge < -0.3 is 14.8 Å². The molecule has 1 aliphatic heterocycles. The molecular weight excluding hydrogens is 395 g/mol. The lowest BCUT2D eigenvalue weighted by atomic mass is 9.97. The molecule has 28 heavy (non-hydrogen) atoms. The van der Waals surface area contributed by atoms with E-state index < -0.39 is 58.3 Å². The predicted octanol–water partition coefficient (Wildman–Crippen LogP) is -0.156. The van der Waals surface area contributed by atoms with Gasteiger partial charge in [0.15, 0.2) is 0 Å². The first-order chi connectivity index (χ1) is 13.2. The molecule has 1 heterocycles. The standard InChI is InChI=1S/C17H21FN2O7S/c1-26-14-4-3-13(18)8-11(14)7-12-9-19-15(21)10-20(17(12)23)28(24,25)6-5-16(22)27-2/h3-4,8,12H,5-7,9-10H2,1-2H3,(H,19,21). The van der Waals surface area contributed by atoms with Crippen LogP contribution in [0.25, 0.3) is 0 Å². The normalized spacial score (nSPS) is 17.7. The van der Waals surface area contributed by atoms with Crippen molar-refractivity contribution in [1.82, 2.24) is 9.62 Å². The van der Waals surface area contributed by atoms with Gasteiger partial charge in [0.05, 0.1) is 32.3 Å². The lowest BCUT2D eigenvalue weighted by molar-refractivity contribution is -0.140. The van der Waals surface area contributed by atoms with E-state index in [-0.39, 0.29) is 13.0 Å². The second kappa shape index (κ2) is 9.00. The summed E-state index contributed by atoms with van der Waals surface area (Å²) in [5.41, 5.74) is 0.365. The van der Waals surface area contributed by atoms with E-state index in [1.54, 1.807) is 0 Å². The lowest BCUT2D eigenvalue weighted by Crippen LogP contribution is -2.44. The quantitative estimate of drug-likeness (QED) is 0.614. The highest BCUT2D eigenvalue weighted by molar-refractivity contribution is 7.89. The number of esters is 1. The number of hydrogen-bond acceptors (Lipinski definition) is 7. The fourth-order valence-electron chi connectivity index (χ4n) is 2.78. The van der Waals surface area contributed by atoms with Crippen LogP contribution in [-0.2, 0) is 35.6 Å². The highest BCUT2D eigenvalue weighted by Crippen LogP contribution is 2.24. The predicted molar refractivity (Wildman–Crippen MR) is 95.3 cm³/mol. The zero-order valence-corrected chi connectivity index (χ0v) is 16.3. The largest absolute Gasteiger partial charge is 0.496 e. The summed E-state index contributed by atoms with van der Waals surface area (Å²) in [6.45, 7) is -0.792. The van der Waals surface area contributed by atoms with Gasteiger partial charge in [-0.3, -0.25) is 14.4 Å². The summed E-state index contributed by atoms with van der Waals surface area (Å²) in [6.07, 6.45) is -0.490. The number of rotatable bonds is 7. The molecule has 1 fully saturated rings. The van der Waals surface area contributed by atoms with Crippen molar-refractivity contribution in [2.45, 2.75) is 12.8 Å². The Balaban J connectivity index is 2.27. The van der Waals surface area contributed by atoms with Crippen LogP contribution < -0.4 is 10.1 Å². The van der Waals surface area contributed by atoms with Gasteiger partial charge in [-0.15, -0.1) is 0 Å². The summed E-state index contributed by atoms with van der Waals surface area (Å²) in [5, 5.41) is 2.48. The van der Waals surface area contributed by atoms with Crippen molar-refractivity contribution in [2.75, 3.05) is 33.1 Å². The van der Waals surface area contributed by atoms with Gasteiger partial charge in [-0.2, -0.15) is 0 Å². The molecule has 9 nitrogen and oxygen atoms in total. The molecule has 0 saturated carbocycles. The number of carbonyl (C=O) groups is 3. The van der Waals surface area contributed by atoms with E-state index in [0.29, 0.717) is 15.6 Å². The van der Waals surface area contributed by atoms with Crippen LogP contribution in [0.5, 0.6) is 5.75 Å². The van der Waals surface area contributed by atoms with Crippen molar-refractivity contribution in [3.63, 3.8) is 0 Å². The monoisotopic (exact) mass is 416 g/mol. The van der Waals surface area contributed by atoms with E-state index in [1.165, 1.54) is 25.3 Å². The van der Waals surface area contributed by atoms with Gasteiger partial charge in [-0.25, -0.2) is 17.1 Å². The third-order valence-electron chi connectivity index (χ3n) is 4.26. The summed E-state index contributed by atoms with van der Waals surface area (Å²) in [7, 11) is -1.73. The van der Waals surface area contributed by atoms with E-state index in [4.69, 9.17) is 4.74 Å². The molecule has 2 amide bonds. The summed E-state index contributed by atoms with van der Waals surface area (Å²) in [6, 6.07) is 3.78. The molecule has 1 aromatic rings. The van der Waals surface area contributed by atoms with Crippen LogP contribution in [0.4, 0.5) is 4.39 Å². The molecule has 0 bridgehead atoms. The number of amides is 2. The Labute approximate surface area is 161 Å². The minimum atomic E-state index is -4.23. The Hall–Kier alpha value is -2.69. The number of carbonyl (C=O) groups excluding carboxylic acids is 3. The Bertz CT molecular complexity index is 872. The fraction of sp³-hybridized carbons (Fsp3) is 0.471. The van der Waals surface area contributed by atoms with Crippen molar-refractivity contribution in [2.24, 2.45) is 5.92 Å². The molecule has 0 radical (unpaired) electrons. The zero-order valence-electron chi connectivity index (χ0n) is 15.4. The molecule has 1 unspecified atom stereocenters. The second-order valence-corrected chi connectivity index (χ2v) is 8.16. The molecule has 0 aliphatic carbocycles. The van der Waals surface area contributed by atoms with Gasteiger partial charge in [0, 0.05) is 6.54 Å². The second-order valence-electron chi connectivity index (χ2n) is 6.15. The number of ether oxygens (including phenoxy) is 2. The van der Waals surface area contributed by atoms with E-state index in [1.807, 2.05) is 0 Å². The maximum atomic E-state index is 13.6. The molecule has 1 N–H and O–H groups in total. The smallest absolute Gasteiger partial charge is 0.306 e. The average Bonchev–Trinajstić information content (AvgIpc) is 2.80. The van der Waals surface area contributed by atoms with Crippen molar-refractivity contribution in [1.29, 1.82) is 0 Å². The Kier molecular flexibility index (Phi) is 6.95. The zero-order chi connectivity index (χ0) is 20.9. The summed E-state index contributed by atoms with van der Waals surface area (Å²) < 4.78 is 48.7. The van der Waals surface area contributed by atoms with Crippen LogP contribution in [0, 0.1) is 11.7 Å². The number of halogens is 1. The Morgan fingerprint density at radius 3 is 2.68 bits per heavy atom. The molecule has 2 rings (SSSR count). The average molecular weight is 416 g/mol. The first kappa shape index (κ1) is 21.6. The maximum absolute atomic E-state index is 13.6. The Morgan fingerprint density at radius 1 is 1.32 bits per heavy atom. The third kappa shape index (κ3) is 5.18. The van der Waals surface area contributed by atoms with Gasteiger partial charge in [-0.05, 0) is 30.2 Å². The molecule has 11 heteroatoms. The summed E-state index contributed by atoms with van der Waals surface area (Å²) in [5.74, 6) is -4.03. The first-order valence-electron chi connectivity index (χ1n) is 8.38. The number of sulfonamides is 1. The number of hydrogen-bond donors (Lipinski definition) is 1. The van der Waals surface area contributed by atoms with Gasteiger partial charge in [0.25, 0.3) is 0 Å². The molecule has 1 atom stereocenters. The molecule has 0 aromatic heterocycles. The van der Waals surface area contributed by atoms with Gasteiger partial charge in [-0.1, -0.05) is 0 Å². The molecular formula is C17H21FN2O7S. The molecule has 1 aliphatic rings. The number of nitrogens with one attached hydrogen (secondary N) is 1. The minimum absolute atomic E-state index is 0.0386. The van der Waals surface area contributed by atoms with E-state index in [0.717, 1.165) is 7.11 Å². The lowest BCUT2D eigenvalue weighted by Gasteiger charge is -2.23. The highest BCUT2D eigenvalue weighted by Gasteiger charge is 2.37. The highest BCUT2D eigenvalue weighted by atomic mass is 32.2. The SMILES string of the molecule is COC(=O)CCS(=O)(=O)N1CC(=O)NCC(Cc2cc(F)ccc2OC)C1=O. The molecule has 1 saturated heterocycles. The summed E-state index contributed by atoms with van der Waals surface area (Å²) >= 11 is 0. The van der Waals surface area contributed by atoms with Crippen molar-refractivity contribution >= 4 is 27.8 Å². The maximum Gasteiger partial charge on any atom is 0.306 e. The van der Waals surface area contributed by atoms with E-state index in [2.05, 4.69) is 10.1 Å². The summed E-state index contributed by atoms with van der Waals surface area (Å²) in [4.78, 5) is 36.0. The van der Waals surface area contributed by atoms with Gasteiger partial charge in [0.1, 0.15) is 18.1 Å². The van der Waals surface area contributed by atoms with Gasteiger partial charge >= 0.3 is 5.97 Å². The van der Waals surface area contributed by atoms with Crippen molar-refractivity contribution in [3.8, 4) is 5.75 Å². The topological polar surface area (TPSA) is 119 Å². The van der Waals surface area contributed by atoms with Crippen molar-refractivity contribution in [3.05, 3.63) is 29.6 Å². The van der Waals surface area contributed by atoms with Crippen LogP contribution in [0.1, 0.15) is 12.0 Å². The van der Waals surface area contributed by atoms with Crippen LogP contribution in [0.2, 0.25) is 0 Å². The van der Waals surface area contributed by atoms with Crippen molar-refractivity contribution < 1.29 is 36.7 Å². The number of nitrogens with zero attached hydrogens (tertiary/aromatic N) is 1. The third-order valence-corrected chi connectivity index (χ3v) is 5.96. The van der Waals surface area contributed by atoms with Crippen LogP contribution >= 0.6 is 0 Å². The van der Waals surface area contributed by atoms with Gasteiger partial charge in [0.2, 0.25) is 21.8 Å².